The van der Waals surface area contributed by atoms with Gasteiger partial charge in [-0.2, -0.15) is 5.26 Å². The SMILES string of the molecule is COC(=O)c1cc(C#N)c(OC)[nH]c1=O. The smallest absolute Gasteiger partial charge is 0.343 e. The third-order valence-electron chi connectivity index (χ3n) is 1.73. The number of hydrogen-bond acceptors (Lipinski definition) is 5. The van der Waals surface area contributed by atoms with E-state index in [1.54, 1.807) is 6.07 Å². The third-order valence-corrected chi connectivity index (χ3v) is 1.73. The molecule has 0 aliphatic carbocycles. The standard InChI is InChI=1S/C9H8N2O4/c1-14-8-5(4-10)3-6(7(12)11-8)9(13)15-2/h3H,1-2H3,(H,11,12). The number of hydrogen-bond donors (Lipinski definition) is 1. The fraction of sp³-hybridized carbons (Fsp3) is 0.222. The van der Waals surface area contributed by atoms with Crippen molar-refractivity contribution in [1.29, 1.82) is 5.26 Å². The number of H-pyrrole nitrogens is 1. The van der Waals surface area contributed by atoms with Crippen molar-refractivity contribution in [3.63, 3.8) is 0 Å². The highest BCUT2D eigenvalue weighted by Crippen LogP contribution is 2.12. The van der Waals surface area contributed by atoms with Gasteiger partial charge in [0, 0.05) is 0 Å². The van der Waals surface area contributed by atoms with E-state index in [4.69, 9.17) is 10.00 Å². The van der Waals surface area contributed by atoms with Crippen LogP contribution >= 0.6 is 0 Å². The molecule has 0 bridgehead atoms. The molecule has 6 heteroatoms. The molecule has 1 N–H and O–H groups in total. The minimum atomic E-state index is -0.796. The topological polar surface area (TPSA) is 92.2 Å². The molecule has 1 heterocycles. The molecule has 1 aromatic rings. The van der Waals surface area contributed by atoms with Gasteiger partial charge < -0.3 is 9.47 Å². The summed E-state index contributed by atoms with van der Waals surface area (Å²) < 4.78 is 9.14. The van der Waals surface area contributed by atoms with Gasteiger partial charge >= 0.3 is 5.97 Å². The number of carbonyl (C=O) groups excluding carboxylic acids is 1. The van der Waals surface area contributed by atoms with Gasteiger partial charge in [0.1, 0.15) is 17.2 Å². The van der Waals surface area contributed by atoms with E-state index in [1.807, 2.05) is 0 Å². The van der Waals surface area contributed by atoms with E-state index >= 15 is 0 Å². The van der Waals surface area contributed by atoms with Crippen LogP contribution in [0.25, 0.3) is 0 Å². The molecule has 0 aliphatic heterocycles. The first-order valence-electron chi connectivity index (χ1n) is 3.93. The number of methoxy groups -OCH3 is 2. The van der Waals surface area contributed by atoms with E-state index in [2.05, 4.69) is 9.72 Å². The van der Waals surface area contributed by atoms with Crippen LogP contribution in [0.15, 0.2) is 10.9 Å². The first-order chi connectivity index (χ1) is 7.13. The highest BCUT2D eigenvalue weighted by atomic mass is 16.5. The molecular weight excluding hydrogens is 200 g/mol. The van der Waals surface area contributed by atoms with E-state index in [9.17, 15) is 9.59 Å². The summed E-state index contributed by atoms with van der Waals surface area (Å²) in [5.74, 6) is -0.773. The van der Waals surface area contributed by atoms with E-state index in [-0.39, 0.29) is 17.0 Å². The van der Waals surface area contributed by atoms with Crippen LogP contribution in [0.2, 0.25) is 0 Å². The van der Waals surface area contributed by atoms with Crippen LogP contribution in [-0.2, 0) is 4.74 Å². The number of carbonyl (C=O) groups is 1. The molecule has 1 rings (SSSR count). The van der Waals surface area contributed by atoms with Crippen LogP contribution in [0.3, 0.4) is 0 Å². The van der Waals surface area contributed by atoms with Crippen molar-refractivity contribution < 1.29 is 14.3 Å². The molecule has 0 atom stereocenters. The van der Waals surface area contributed by atoms with Gasteiger partial charge in [0.2, 0.25) is 5.88 Å². The largest absolute Gasteiger partial charge is 0.481 e. The summed E-state index contributed by atoms with van der Waals surface area (Å²) in [5.41, 5.74) is -0.815. The molecule has 0 saturated carbocycles. The highest BCUT2D eigenvalue weighted by molar-refractivity contribution is 5.89. The lowest BCUT2D eigenvalue weighted by Gasteiger charge is -2.03. The Kier molecular flexibility index (Phi) is 3.08. The summed E-state index contributed by atoms with van der Waals surface area (Å²) in [6.45, 7) is 0. The maximum absolute atomic E-state index is 11.3. The fourth-order valence-corrected chi connectivity index (χ4v) is 1.02. The first kappa shape index (κ1) is 10.8. The van der Waals surface area contributed by atoms with E-state index < -0.39 is 11.5 Å². The lowest BCUT2D eigenvalue weighted by Crippen LogP contribution is -2.19. The van der Waals surface area contributed by atoms with Crippen molar-refractivity contribution in [2.45, 2.75) is 0 Å². The van der Waals surface area contributed by atoms with Gasteiger partial charge in [0.15, 0.2) is 0 Å². The monoisotopic (exact) mass is 208 g/mol. The van der Waals surface area contributed by atoms with Gasteiger partial charge in [0.25, 0.3) is 5.56 Å². The number of aromatic nitrogens is 1. The van der Waals surface area contributed by atoms with Gasteiger partial charge in [-0.3, -0.25) is 9.78 Å². The van der Waals surface area contributed by atoms with Crippen molar-refractivity contribution >= 4 is 5.97 Å². The minimum Gasteiger partial charge on any atom is -0.481 e. The molecule has 0 spiro atoms. The van der Waals surface area contributed by atoms with Crippen LogP contribution < -0.4 is 10.3 Å². The second-order valence-corrected chi connectivity index (χ2v) is 2.56. The van der Waals surface area contributed by atoms with Crippen molar-refractivity contribution in [3.05, 3.63) is 27.5 Å². The Hall–Kier alpha value is -2.29. The molecule has 0 aliphatic rings. The summed E-state index contributed by atoms with van der Waals surface area (Å²) in [5, 5.41) is 8.72. The van der Waals surface area contributed by atoms with Crippen LogP contribution in [0, 0.1) is 11.3 Å². The van der Waals surface area contributed by atoms with E-state index in [0.717, 1.165) is 13.2 Å². The predicted octanol–water partition coefficient (Wildman–Crippen LogP) is 0.0418. The van der Waals surface area contributed by atoms with Crippen molar-refractivity contribution in [2.24, 2.45) is 0 Å². The lowest BCUT2D eigenvalue weighted by atomic mass is 10.2. The zero-order chi connectivity index (χ0) is 11.4. The van der Waals surface area contributed by atoms with Gasteiger partial charge in [-0.25, -0.2) is 4.79 Å². The molecule has 15 heavy (non-hydrogen) atoms. The van der Waals surface area contributed by atoms with E-state index in [0.29, 0.717) is 0 Å². The first-order valence-corrected chi connectivity index (χ1v) is 3.93. The average Bonchev–Trinajstić information content (AvgIpc) is 2.27. The average molecular weight is 208 g/mol. The Labute approximate surface area is 85.1 Å². The number of nitrogens with zero attached hydrogens (tertiary/aromatic N) is 1. The molecule has 0 radical (unpaired) electrons. The molecule has 6 nitrogen and oxygen atoms in total. The van der Waals surface area contributed by atoms with Crippen molar-refractivity contribution in [2.75, 3.05) is 14.2 Å². The Bertz CT molecular complexity index is 484. The maximum Gasteiger partial charge on any atom is 0.343 e. The summed E-state index contributed by atoms with van der Waals surface area (Å²) in [7, 11) is 2.46. The minimum absolute atomic E-state index is 0.0233. The molecule has 0 aromatic carbocycles. The van der Waals surface area contributed by atoms with Gasteiger partial charge in [-0.05, 0) is 6.07 Å². The maximum atomic E-state index is 11.3. The summed E-state index contributed by atoms with van der Waals surface area (Å²) in [6.07, 6.45) is 0. The quantitative estimate of drug-likeness (QED) is 0.693. The van der Waals surface area contributed by atoms with Crippen LogP contribution in [0.5, 0.6) is 5.88 Å². The number of aromatic amines is 1. The van der Waals surface area contributed by atoms with Crippen LogP contribution in [0.1, 0.15) is 15.9 Å². The number of nitrogens with one attached hydrogen (secondary N) is 1. The number of esters is 1. The Morgan fingerprint density at radius 1 is 1.53 bits per heavy atom. The molecule has 0 fully saturated rings. The predicted molar refractivity (Wildman–Crippen MR) is 49.7 cm³/mol. The number of rotatable bonds is 2. The summed E-state index contributed by atoms with van der Waals surface area (Å²) in [6, 6.07) is 2.92. The van der Waals surface area contributed by atoms with Crippen molar-refractivity contribution in [3.8, 4) is 11.9 Å². The molecule has 1 aromatic heterocycles. The van der Waals surface area contributed by atoms with Gasteiger partial charge in [-0.1, -0.05) is 0 Å². The molecule has 0 unspecified atom stereocenters. The van der Waals surface area contributed by atoms with Gasteiger partial charge in [0.05, 0.1) is 14.2 Å². The second kappa shape index (κ2) is 4.28. The molecule has 0 amide bonds. The number of nitriles is 1. The molecule has 78 valence electrons. The van der Waals surface area contributed by atoms with Crippen LogP contribution in [0.4, 0.5) is 0 Å². The highest BCUT2D eigenvalue weighted by Gasteiger charge is 2.15. The normalized spacial score (nSPS) is 9.13. The zero-order valence-electron chi connectivity index (χ0n) is 8.16. The fourth-order valence-electron chi connectivity index (χ4n) is 1.02. The zero-order valence-corrected chi connectivity index (χ0v) is 8.16. The third kappa shape index (κ3) is 1.96. The summed E-state index contributed by atoms with van der Waals surface area (Å²) >= 11 is 0. The van der Waals surface area contributed by atoms with Gasteiger partial charge in [-0.15, -0.1) is 0 Å². The van der Waals surface area contributed by atoms with Crippen molar-refractivity contribution in [1.82, 2.24) is 4.98 Å². The Morgan fingerprint density at radius 3 is 2.67 bits per heavy atom. The number of ether oxygens (including phenoxy) is 2. The number of pyridine rings is 1. The Morgan fingerprint density at radius 2 is 2.20 bits per heavy atom. The van der Waals surface area contributed by atoms with E-state index in [1.165, 1.54) is 7.11 Å². The molecular formula is C9H8N2O4. The molecule has 0 saturated heterocycles. The second-order valence-electron chi connectivity index (χ2n) is 2.56. The lowest BCUT2D eigenvalue weighted by molar-refractivity contribution is 0.0598. The summed E-state index contributed by atoms with van der Waals surface area (Å²) in [4.78, 5) is 24.7. The Balaban J connectivity index is 3.40. The van der Waals surface area contributed by atoms with Crippen LogP contribution in [-0.4, -0.2) is 25.2 Å².